The summed E-state index contributed by atoms with van der Waals surface area (Å²) in [6.45, 7) is 1.29. The Hall–Kier alpha value is -1.78. The fourth-order valence-electron chi connectivity index (χ4n) is 0.727. The Morgan fingerprint density at radius 3 is 2.54 bits per heavy atom. The Morgan fingerprint density at radius 1 is 1.38 bits per heavy atom. The van der Waals surface area contributed by atoms with Gasteiger partial charge in [-0.3, -0.25) is 9.59 Å². The SMILES string of the molecule is CC(=O)NCC(=O)c1ncccn1. The van der Waals surface area contributed by atoms with Gasteiger partial charge in [0.1, 0.15) is 0 Å². The lowest BCUT2D eigenvalue weighted by atomic mass is 10.3. The van der Waals surface area contributed by atoms with Crippen molar-refractivity contribution in [2.45, 2.75) is 6.92 Å². The normalized spacial score (nSPS) is 9.31. The van der Waals surface area contributed by atoms with Crippen LogP contribution in [0.1, 0.15) is 17.5 Å². The van der Waals surface area contributed by atoms with E-state index in [9.17, 15) is 9.59 Å². The van der Waals surface area contributed by atoms with E-state index in [0.29, 0.717) is 0 Å². The molecule has 5 nitrogen and oxygen atoms in total. The van der Waals surface area contributed by atoms with Gasteiger partial charge in [-0.05, 0) is 6.07 Å². The number of nitrogens with zero attached hydrogens (tertiary/aromatic N) is 2. The third-order valence-electron chi connectivity index (χ3n) is 1.31. The Morgan fingerprint density at radius 2 is 2.00 bits per heavy atom. The highest BCUT2D eigenvalue weighted by Crippen LogP contribution is 1.88. The van der Waals surface area contributed by atoms with Crippen LogP contribution in [0.15, 0.2) is 18.5 Å². The third kappa shape index (κ3) is 2.98. The van der Waals surface area contributed by atoms with E-state index in [2.05, 4.69) is 15.3 Å². The van der Waals surface area contributed by atoms with Crippen molar-refractivity contribution in [2.24, 2.45) is 0 Å². The Bertz CT molecular complexity index is 310. The first-order valence-electron chi connectivity index (χ1n) is 3.75. The summed E-state index contributed by atoms with van der Waals surface area (Å²) < 4.78 is 0. The lowest BCUT2D eigenvalue weighted by Gasteiger charge is -1.98. The topological polar surface area (TPSA) is 72.0 Å². The summed E-state index contributed by atoms with van der Waals surface area (Å²) in [4.78, 5) is 29.2. The third-order valence-corrected chi connectivity index (χ3v) is 1.31. The molecule has 0 radical (unpaired) electrons. The summed E-state index contributed by atoms with van der Waals surface area (Å²) >= 11 is 0. The first kappa shape index (κ1) is 9.31. The van der Waals surface area contributed by atoms with Gasteiger partial charge in [-0.15, -0.1) is 0 Å². The van der Waals surface area contributed by atoms with Gasteiger partial charge in [0.2, 0.25) is 11.7 Å². The van der Waals surface area contributed by atoms with Crippen molar-refractivity contribution in [3.63, 3.8) is 0 Å². The van der Waals surface area contributed by atoms with E-state index in [-0.39, 0.29) is 24.1 Å². The Labute approximate surface area is 75.2 Å². The maximum Gasteiger partial charge on any atom is 0.219 e. The molecule has 1 rings (SSSR count). The number of amides is 1. The molecule has 0 unspecified atom stereocenters. The van der Waals surface area contributed by atoms with Crippen LogP contribution in [0.3, 0.4) is 0 Å². The number of nitrogens with one attached hydrogen (secondary N) is 1. The highest BCUT2D eigenvalue weighted by Gasteiger charge is 2.07. The minimum atomic E-state index is -0.296. The maximum atomic E-state index is 11.2. The molecule has 1 amide bonds. The van der Waals surface area contributed by atoms with Gasteiger partial charge in [0.15, 0.2) is 5.82 Å². The first-order chi connectivity index (χ1) is 6.20. The molecule has 1 aromatic heterocycles. The largest absolute Gasteiger partial charge is 0.349 e. The van der Waals surface area contributed by atoms with Gasteiger partial charge in [0.05, 0.1) is 6.54 Å². The van der Waals surface area contributed by atoms with Gasteiger partial charge < -0.3 is 5.32 Å². The standard InChI is InChI=1S/C8H9N3O2/c1-6(12)11-5-7(13)8-9-3-2-4-10-8/h2-4H,5H2,1H3,(H,11,12). The number of Topliss-reactive ketones (excluding diaryl/α,β-unsaturated/α-hetero) is 1. The summed E-state index contributed by atoms with van der Waals surface area (Å²) in [6.07, 6.45) is 2.96. The van der Waals surface area contributed by atoms with Crippen LogP contribution in [-0.4, -0.2) is 28.2 Å². The van der Waals surface area contributed by atoms with Crippen molar-refractivity contribution in [3.8, 4) is 0 Å². The monoisotopic (exact) mass is 179 g/mol. The number of carbonyl (C=O) groups excluding carboxylic acids is 2. The summed E-state index contributed by atoms with van der Waals surface area (Å²) in [5.41, 5.74) is 0. The van der Waals surface area contributed by atoms with E-state index in [4.69, 9.17) is 0 Å². The Kier molecular flexibility index (Phi) is 3.08. The van der Waals surface area contributed by atoms with Crippen LogP contribution < -0.4 is 5.32 Å². The summed E-state index contributed by atoms with van der Waals surface area (Å²) in [5.74, 6) is -0.420. The van der Waals surface area contributed by atoms with E-state index < -0.39 is 0 Å². The average molecular weight is 179 g/mol. The van der Waals surface area contributed by atoms with Crippen molar-refractivity contribution in [1.82, 2.24) is 15.3 Å². The molecule has 1 N–H and O–H groups in total. The molecule has 68 valence electrons. The lowest BCUT2D eigenvalue weighted by Crippen LogP contribution is -2.28. The Balaban J connectivity index is 2.54. The number of aromatic nitrogens is 2. The number of ketones is 1. The highest BCUT2D eigenvalue weighted by atomic mass is 16.2. The maximum absolute atomic E-state index is 11.2. The second-order valence-corrected chi connectivity index (χ2v) is 2.41. The molecule has 13 heavy (non-hydrogen) atoms. The molecule has 0 spiro atoms. The molecule has 0 aliphatic heterocycles. The summed E-state index contributed by atoms with van der Waals surface area (Å²) in [7, 11) is 0. The number of hydrogen-bond acceptors (Lipinski definition) is 4. The van der Waals surface area contributed by atoms with Crippen LogP contribution in [0.5, 0.6) is 0 Å². The van der Waals surface area contributed by atoms with Gasteiger partial charge in [-0.1, -0.05) is 0 Å². The number of rotatable bonds is 3. The average Bonchev–Trinajstić information content (AvgIpc) is 2.15. The highest BCUT2D eigenvalue weighted by molar-refractivity contribution is 5.95. The predicted octanol–water partition coefficient (Wildman–Crippen LogP) is -0.205. The fourth-order valence-corrected chi connectivity index (χ4v) is 0.727. The molecular weight excluding hydrogens is 170 g/mol. The van der Waals surface area contributed by atoms with Crippen LogP contribution in [0.25, 0.3) is 0 Å². The van der Waals surface area contributed by atoms with Crippen LogP contribution >= 0.6 is 0 Å². The molecule has 5 heteroatoms. The van der Waals surface area contributed by atoms with Gasteiger partial charge in [-0.2, -0.15) is 0 Å². The number of carbonyl (C=O) groups is 2. The molecule has 0 aromatic carbocycles. The van der Waals surface area contributed by atoms with Crippen LogP contribution in [0.4, 0.5) is 0 Å². The van der Waals surface area contributed by atoms with Crippen LogP contribution in [-0.2, 0) is 4.79 Å². The number of hydrogen-bond donors (Lipinski definition) is 1. The van der Waals surface area contributed by atoms with Crippen molar-refractivity contribution in [3.05, 3.63) is 24.3 Å². The molecule has 0 fully saturated rings. The molecule has 1 aromatic rings. The zero-order valence-corrected chi connectivity index (χ0v) is 7.15. The van der Waals surface area contributed by atoms with Crippen molar-refractivity contribution < 1.29 is 9.59 Å². The van der Waals surface area contributed by atoms with E-state index in [1.54, 1.807) is 6.07 Å². The molecule has 0 atom stereocenters. The van der Waals surface area contributed by atoms with Crippen LogP contribution in [0.2, 0.25) is 0 Å². The quantitative estimate of drug-likeness (QED) is 0.652. The molecule has 1 heterocycles. The van der Waals surface area contributed by atoms with Gasteiger partial charge in [0.25, 0.3) is 0 Å². The van der Waals surface area contributed by atoms with E-state index in [0.717, 1.165) is 0 Å². The van der Waals surface area contributed by atoms with E-state index in [1.165, 1.54) is 19.3 Å². The first-order valence-corrected chi connectivity index (χ1v) is 3.75. The van der Waals surface area contributed by atoms with Gasteiger partial charge in [0, 0.05) is 19.3 Å². The molecule has 0 bridgehead atoms. The van der Waals surface area contributed by atoms with Crippen molar-refractivity contribution in [1.29, 1.82) is 0 Å². The van der Waals surface area contributed by atoms with E-state index in [1.807, 2.05) is 0 Å². The van der Waals surface area contributed by atoms with Gasteiger partial charge >= 0.3 is 0 Å². The van der Waals surface area contributed by atoms with Gasteiger partial charge in [-0.25, -0.2) is 9.97 Å². The van der Waals surface area contributed by atoms with E-state index >= 15 is 0 Å². The summed E-state index contributed by atoms with van der Waals surface area (Å²) in [6, 6.07) is 1.62. The van der Waals surface area contributed by atoms with Crippen LogP contribution in [0, 0.1) is 0 Å². The second kappa shape index (κ2) is 4.30. The molecule has 0 aliphatic carbocycles. The zero-order chi connectivity index (χ0) is 9.68. The molecular formula is C8H9N3O2. The predicted molar refractivity (Wildman–Crippen MR) is 45.0 cm³/mol. The molecule has 0 aliphatic rings. The summed E-state index contributed by atoms with van der Waals surface area (Å²) in [5, 5.41) is 2.38. The second-order valence-electron chi connectivity index (χ2n) is 2.41. The molecule has 0 saturated heterocycles. The van der Waals surface area contributed by atoms with Crippen molar-refractivity contribution >= 4 is 11.7 Å². The zero-order valence-electron chi connectivity index (χ0n) is 7.15. The molecule has 0 saturated carbocycles. The minimum absolute atomic E-state index is 0.0562. The fraction of sp³-hybridized carbons (Fsp3) is 0.250. The lowest BCUT2D eigenvalue weighted by molar-refractivity contribution is -0.118. The van der Waals surface area contributed by atoms with Crippen molar-refractivity contribution in [2.75, 3.05) is 6.54 Å². The minimum Gasteiger partial charge on any atom is -0.349 e. The smallest absolute Gasteiger partial charge is 0.219 e.